The van der Waals surface area contributed by atoms with E-state index in [0.717, 1.165) is 17.7 Å². The summed E-state index contributed by atoms with van der Waals surface area (Å²) in [4.78, 5) is 48.3. The van der Waals surface area contributed by atoms with Crippen molar-refractivity contribution in [2.24, 2.45) is 5.92 Å². The average molecular weight is 297 g/mol. The first-order chi connectivity index (χ1) is 9.88. The largest absolute Gasteiger partial charge is 0.481 e. The fraction of sp³-hybridized carbons (Fsp3) is 0.692. The van der Waals surface area contributed by atoms with Crippen LogP contribution in [0.25, 0.3) is 0 Å². The van der Waals surface area contributed by atoms with Gasteiger partial charge in [0.1, 0.15) is 13.1 Å². The maximum atomic E-state index is 11.9. The minimum absolute atomic E-state index is 0.0172. The SMILES string of the molecule is CN1CC(=O)N(CC(=O)NC2CCCC(C(=O)O)C2)C1=O. The lowest BCUT2D eigenvalue weighted by atomic mass is 9.86. The lowest BCUT2D eigenvalue weighted by Crippen LogP contribution is -2.46. The first kappa shape index (κ1) is 15.3. The van der Waals surface area contributed by atoms with Crippen molar-refractivity contribution in [3.63, 3.8) is 0 Å². The molecule has 1 heterocycles. The lowest BCUT2D eigenvalue weighted by molar-refractivity contribution is -0.143. The summed E-state index contributed by atoms with van der Waals surface area (Å²) in [6, 6.07) is -0.694. The molecule has 116 valence electrons. The Balaban J connectivity index is 1.86. The van der Waals surface area contributed by atoms with E-state index in [4.69, 9.17) is 5.11 Å². The molecule has 8 heteroatoms. The van der Waals surface area contributed by atoms with E-state index in [2.05, 4.69) is 5.32 Å². The Morgan fingerprint density at radius 2 is 2.05 bits per heavy atom. The standard InChI is InChI=1S/C13H19N3O5/c1-15-7-11(18)16(13(15)21)6-10(17)14-9-4-2-3-8(5-9)12(19)20/h8-9H,2-7H2,1H3,(H,14,17)(H,19,20). The molecule has 4 amide bonds. The van der Waals surface area contributed by atoms with E-state index in [0.29, 0.717) is 12.8 Å². The highest BCUT2D eigenvalue weighted by Gasteiger charge is 2.35. The normalized spacial score (nSPS) is 26.1. The van der Waals surface area contributed by atoms with Gasteiger partial charge < -0.3 is 15.3 Å². The summed E-state index contributed by atoms with van der Waals surface area (Å²) in [7, 11) is 1.50. The summed E-state index contributed by atoms with van der Waals surface area (Å²) in [5.74, 6) is -2.11. The summed E-state index contributed by atoms with van der Waals surface area (Å²) in [5, 5.41) is 11.7. The van der Waals surface area contributed by atoms with Crippen LogP contribution in [-0.2, 0) is 14.4 Å². The monoisotopic (exact) mass is 297 g/mol. The molecule has 2 aliphatic rings. The van der Waals surface area contributed by atoms with Crippen LogP contribution in [0, 0.1) is 5.92 Å². The number of imide groups is 1. The van der Waals surface area contributed by atoms with Gasteiger partial charge in [-0.05, 0) is 19.3 Å². The van der Waals surface area contributed by atoms with Crippen LogP contribution >= 0.6 is 0 Å². The van der Waals surface area contributed by atoms with E-state index in [-0.39, 0.29) is 19.1 Å². The van der Waals surface area contributed by atoms with Gasteiger partial charge in [-0.25, -0.2) is 4.79 Å². The molecule has 2 fully saturated rings. The molecule has 2 atom stereocenters. The Hall–Kier alpha value is -2.12. The molecule has 1 aliphatic heterocycles. The Labute approximate surface area is 122 Å². The van der Waals surface area contributed by atoms with Crippen LogP contribution in [0.15, 0.2) is 0 Å². The number of hydrogen-bond acceptors (Lipinski definition) is 4. The molecule has 1 aliphatic carbocycles. The van der Waals surface area contributed by atoms with Crippen molar-refractivity contribution in [1.82, 2.24) is 15.1 Å². The molecular weight excluding hydrogens is 278 g/mol. The Morgan fingerprint density at radius 3 is 2.62 bits per heavy atom. The molecule has 0 radical (unpaired) electrons. The summed E-state index contributed by atoms with van der Waals surface area (Å²) in [6.45, 7) is -0.327. The molecule has 0 aromatic rings. The third kappa shape index (κ3) is 3.50. The van der Waals surface area contributed by atoms with E-state index in [1.165, 1.54) is 11.9 Å². The summed E-state index contributed by atoms with van der Waals surface area (Å²) in [5.41, 5.74) is 0. The molecular formula is C13H19N3O5. The number of nitrogens with zero attached hydrogens (tertiary/aromatic N) is 2. The highest BCUT2D eigenvalue weighted by molar-refractivity contribution is 6.04. The van der Waals surface area contributed by atoms with Crippen LogP contribution in [0.5, 0.6) is 0 Å². The maximum Gasteiger partial charge on any atom is 0.327 e. The van der Waals surface area contributed by atoms with Gasteiger partial charge in [0.2, 0.25) is 5.91 Å². The Kier molecular flexibility index (Phi) is 4.44. The number of carbonyl (C=O) groups excluding carboxylic acids is 3. The number of hydrogen-bond donors (Lipinski definition) is 2. The number of carbonyl (C=O) groups is 4. The van der Waals surface area contributed by atoms with Crippen LogP contribution in [0.3, 0.4) is 0 Å². The zero-order valence-electron chi connectivity index (χ0n) is 11.9. The minimum atomic E-state index is -0.847. The molecule has 2 rings (SSSR count). The summed E-state index contributed by atoms with van der Waals surface area (Å²) in [6.07, 6.45) is 2.47. The number of carboxylic acid groups (broad SMARTS) is 1. The molecule has 0 spiro atoms. The number of urea groups is 1. The molecule has 8 nitrogen and oxygen atoms in total. The predicted octanol–water partition coefficient (Wildman–Crippen LogP) is -0.360. The number of likely N-dealkylation sites (N-methyl/N-ethyl adjacent to an activating group) is 1. The van der Waals surface area contributed by atoms with Gasteiger partial charge in [0, 0.05) is 13.1 Å². The van der Waals surface area contributed by atoms with E-state index >= 15 is 0 Å². The highest BCUT2D eigenvalue weighted by atomic mass is 16.4. The topological polar surface area (TPSA) is 107 Å². The van der Waals surface area contributed by atoms with Crippen molar-refractivity contribution in [2.75, 3.05) is 20.1 Å². The van der Waals surface area contributed by atoms with Gasteiger partial charge >= 0.3 is 12.0 Å². The van der Waals surface area contributed by atoms with Crippen molar-refractivity contribution in [3.05, 3.63) is 0 Å². The Bertz CT molecular complexity index is 478. The van der Waals surface area contributed by atoms with Gasteiger partial charge in [0.25, 0.3) is 5.91 Å². The molecule has 1 saturated heterocycles. The zero-order valence-corrected chi connectivity index (χ0v) is 11.9. The van der Waals surface area contributed by atoms with Gasteiger partial charge in [-0.3, -0.25) is 19.3 Å². The summed E-state index contributed by atoms with van der Waals surface area (Å²) >= 11 is 0. The quantitative estimate of drug-likeness (QED) is 0.689. The fourth-order valence-electron chi connectivity index (χ4n) is 2.79. The molecule has 0 bridgehead atoms. The van der Waals surface area contributed by atoms with Crippen LogP contribution < -0.4 is 5.32 Å². The third-order valence-electron chi connectivity index (χ3n) is 3.92. The van der Waals surface area contributed by atoms with Crippen LogP contribution in [0.2, 0.25) is 0 Å². The molecule has 0 aromatic heterocycles. The van der Waals surface area contributed by atoms with Crippen molar-refractivity contribution < 1.29 is 24.3 Å². The predicted molar refractivity (Wildman–Crippen MR) is 71.3 cm³/mol. The number of carboxylic acids is 1. The fourth-order valence-corrected chi connectivity index (χ4v) is 2.79. The van der Waals surface area contributed by atoms with E-state index in [1.807, 2.05) is 0 Å². The zero-order chi connectivity index (χ0) is 15.6. The van der Waals surface area contributed by atoms with Gasteiger partial charge in [-0.15, -0.1) is 0 Å². The van der Waals surface area contributed by atoms with Gasteiger partial charge in [0.05, 0.1) is 5.92 Å². The van der Waals surface area contributed by atoms with Crippen molar-refractivity contribution in [2.45, 2.75) is 31.7 Å². The van der Waals surface area contributed by atoms with E-state index in [9.17, 15) is 19.2 Å². The second kappa shape index (κ2) is 6.11. The van der Waals surface area contributed by atoms with Gasteiger partial charge in [0.15, 0.2) is 0 Å². The first-order valence-electron chi connectivity index (χ1n) is 6.96. The summed E-state index contributed by atoms with van der Waals surface area (Å²) < 4.78 is 0. The second-order valence-electron chi connectivity index (χ2n) is 5.58. The smallest absolute Gasteiger partial charge is 0.327 e. The molecule has 0 aromatic carbocycles. The van der Waals surface area contributed by atoms with Crippen LogP contribution in [0.4, 0.5) is 4.79 Å². The lowest BCUT2D eigenvalue weighted by Gasteiger charge is -2.27. The van der Waals surface area contributed by atoms with Crippen molar-refractivity contribution in [1.29, 1.82) is 0 Å². The van der Waals surface area contributed by atoms with Gasteiger partial charge in [-0.1, -0.05) is 6.42 Å². The van der Waals surface area contributed by atoms with E-state index in [1.54, 1.807) is 0 Å². The third-order valence-corrected chi connectivity index (χ3v) is 3.92. The maximum absolute atomic E-state index is 11.9. The number of amides is 4. The Morgan fingerprint density at radius 1 is 1.33 bits per heavy atom. The van der Waals surface area contributed by atoms with E-state index < -0.39 is 29.7 Å². The van der Waals surface area contributed by atoms with Gasteiger partial charge in [-0.2, -0.15) is 0 Å². The minimum Gasteiger partial charge on any atom is -0.481 e. The van der Waals surface area contributed by atoms with Crippen LogP contribution in [-0.4, -0.2) is 64.9 Å². The molecule has 2 unspecified atom stereocenters. The van der Waals surface area contributed by atoms with Crippen molar-refractivity contribution in [3.8, 4) is 0 Å². The highest BCUT2D eigenvalue weighted by Crippen LogP contribution is 2.24. The number of rotatable bonds is 4. The number of aliphatic carboxylic acids is 1. The molecule has 1 saturated carbocycles. The first-order valence-corrected chi connectivity index (χ1v) is 6.96. The average Bonchev–Trinajstić information content (AvgIpc) is 2.65. The van der Waals surface area contributed by atoms with Crippen molar-refractivity contribution >= 4 is 23.8 Å². The van der Waals surface area contributed by atoms with Crippen LogP contribution in [0.1, 0.15) is 25.7 Å². The number of nitrogens with one attached hydrogen (secondary N) is 1. The molecule has 21 heavy (non-hydrogen) atoms. The molecule has 2 N–H and O–H groups in total. The second-order valence-corrected chi connectivity index (χ2v) is 5.58.